The summed E-state index contributed by atoms with van der Waals surface area (Å²) >= 11 is 3.42. The van der Waals surface area contributed by atoms with E-state index in [2.05, 4.69) is 49.2 Å². The molecule has 3 rings (SSSR count). The summed E-state index contributed by atoms with van der Waals surface area (Å²) < 4.78 is 0.928. The van der Waals surface area contributed by atoms with Gasteiger partial charge in [0.2, 0.25) is 0 Å². The van der Waals surface area contributed by atoms with Crippen molar-refractivity contribution in [2.45, 2.75) is 19.9 Å². The van der Waals surface area contributed by atoms with Crippen LogP contribution in [0.3, 0.4) is 0 Å². The second kappa shape index (κ2) is 6.18. The standard InChI is InChI=1S/C16H15BrN4/c1-2-11-4-3-6-18-15(11)10-20-13-5-7-19-14-8-12(17)9-21-16(13)14/h3-9H,2,10H2,1H3,(H,19,20). The molecule has 0 spiro atoms. The third-order valence-corrected chi connectivity index (χ3v) is 3.79. The molecular formula is C16H15BrN4. The predicted octanol–water partition coefficient (Wildman–Crippen LogP) is 3.96. The maximum Gasteiger partial charge on any atom is 0.112 e. The molecule has 3 heterocycles. The van der Waals surface area contributed by atoms with Gasteiger partial charge in [0.25, 0.3) is 0 Å². The van der Waals surface area contributed by atoms with Gasteiger partial charge in [-0.25, -0.2) is 0 Å². The molecule has 5 heteroatoms. The van der Waals surface area contributed by atoms with Crippen molar-refractivity contribution in [3.8, 4) is 0 Å². The molecule has 0 aliphatic rings. The van der Waals surface area contributed by atoms with Crippen LogP contribution in [0.5, 0.6) is 0 Å². The summed E-state index contributed by atoms with van der Waals surface area (Å²) in [5.41, 5.74) is 5.04. The minimum Gasteiger partial charge on any atom is -0.378 e. The number of halogens is 1. The smallest absolute Gasteiger partial charge is 0.112 e. The molecule has 1 N–H and O–H groups in total. The first-order valence-corrected chi connectivity index (χ1v) is 7.64. The van der Waals surface area contributed by atoms with Crippen LogP contribution >= 0.6 is 15.9 Å². The minimum atomic E-state index is 0.681. The fourth-order valence-electron chi connectivity index (χ4n) is 2.28. The van der Waals surface area contributed by atoms with E-state index in [-0.39, 0.29) is 0 Å². The average Bonchev–Trinajstić information content (AvgIpc) is 2.52. The summed E-state index contributed by atoms with van der Waals surface area (Å²) in [4.78, 5) is 13.2. The van der Waals surface area contributed by atoms with Crippen molar-refractivity contribution >= 4 is 32.7 Å². The van der Waals surface area contributed by atoms with Crippen molar-refractivity contribution in [1.29, 1.82) is 0 Å². The Hall–Kier alpha value is -2.01. The summed E-state index contributed by atoms with van der Waals surface area (Å²) in [6, 6.07) is 8.00. The Balaban J connectivity index is 1.88. The van der Waals surface area contributed by atoms with Crippen molar-refractivity contribution in [1.82, 2.24) is 15.0 Å². The lowest BCUT2D eigenvalue weighted by molar-refractivity contribution is 0.972. The number of pyridine rings is 3. The maximum atomic E-state index is 4.45. The zero-order valence-electron chi connectivity index (χ0n) is 11.7. The van der Waals surface area contributed by atoms with E-state index in [0.29, 0.717) is 6.54 Å². The first-order valence-electron chi connectivity index (χ1n) is 6.85. The van der Waals surface area contributed by atoms with Crippen LogP contribution < -0.4 is 5.32 Å². The molecule has 0 radical (unpaired) electrons. The summed E-state index contributed by atoms with van der Waals surface area (Å²) in [6.07, 6.45) is 6.38. The van der Waals surface area contributed by atoms with Crippen LogP contribution in [0.15, 0.2) is 47.3 Å². The molecule has 0 aliphatic heterocycles. The van der Waals surface area contributed by atoms with E-state index in [1.807, 2.05) is 24.4 Å². The van der Waals surface area contributed by atoms with Gasteiger partial charge in [-0.1, -0.05) is 13.0 Å². The van der Waals surface area contributed by atoms with E-state index < -0.39 is 0 Å². The molecule has 0 saturated carbocycles. The van der Waals surface area contributed by atoms with Crippen molar-refractivity contribution in [2.75, 3.05) is 5.32 Å². The van der Waals surface area contributed by atoms with Gasteiger partial charge in [0.05, 0.1) is 23.4 Å². The SMILES string of the molecule is CCc1cccnc1CNc1ccnc2cc(Br)cnc12. The van der Waals surface area contributed by atoms with Crippen LogP contribution in [0.1, 0.15) is 18.2 Å². The van der Waals surface area contributed by atoms with Gasteiger partial charge in [0, 0.05) is 23.1 Å². The Kier molecular flexibility index (Phi) is 4.10. The molecule has 3 aromatic heterocycles. The molecule has 4 nitrogen and oxygen atoms in total. The fourth-order valence-corrected chi connectivity index (χ4v) is 2.60. The van der Waals surface area contributed by atoms with Gasteiger partial charge in [-0.2, -0.15) is 0 Å². The second-order valence-corrected chi connectivity index (χ2v) is 5.61. The zero-order chi connectivity index (χ0) is 14.7. The highest BCUT2D eigenvalue weighted by molar-refractivity contribution is 9.10. The molecular weight excluding hydrogens is 328 g/mol. The monoisotopic (exact) mass is 342 g/mol. The number of fused-ring (bicyclic) bond motifs is 1. The number of aryl methyl sites for hydroxylation is 1. The molecule has 0 aromatic carbocycles. The largest absolute Gasteiger partial charge is 0.378 e. The Labute approximate surface area is 131 Å². The third-order valence-electron chi connectivity index (χ3n) is 3.36. The highest BCUT2D eigenvalue weighted by Crippen LogP contribution is 2.22. The molecule has 0 fully saturated rings. The highest BCUT2D eigenvalue weighted by Gasteiger charge is 2.06. The molecule has 106 valence electrons. The Morgan fingerprint density at radius 2 is 2.05 bits per heavy atom. The van der Waals surface area contributed by atoms with Gasteiger partial charge < -0.3 is 5.32 Å². The molecule has 0 aliphatic carbocycles. The normalized spacial score (nSPS) is 10.8. The Bertz CT molecular complexity index is 773. The van der Waals surface area contributed by atoms with Crippen molar-refractivity contribution in [3.63, 3.8) is 0 Å². The lowest BCUT2D eigenvalue weighted by Crippen LogP contribution is -2.05. The van der Waals surface area contributed by atoms with E-state index in [4.69, 9.17) is 0 Å². The number of nitrogens with zero attached hydrogens (tertiary/aromatic N) is 3. The number of rotatable bonds is 4. The van der Waals surface area contributed by atoms with Crippen LogP contribution in [-0.2, 0) is 13.0 Å². The maximum absolute atomic E-state index is 4.45. The van der Waals surface area contributed by atoms with E-state index in [1.165, 1.54) is 5.56 Å². The van der Waals surface area contributed by atoms with Crippen LogP contribution in [-0.4, -0.2) is 15.0 Å². The summed E-state index contributed by atoms with van der Waals surface area (Å²) in [5, 5.41) is 3.42. The minimum absolute atomic E-state index is 0.681. The summed E-state index contributed by atoms with van der Waals surface area (Å²) in [6.45, 7) is 2.82. The second-order valence-electron chi connectivity index (χ2n) is 4.70. The molecule has 0 unspecified atom stereocenters. The Morgan fingerprint density at radius 1 is 1.14 bits per heavy atom. The van der Waals surface area contributed by atoms with E-state index in [9.17, 15) is 0 Å². The van der Waals surface area contributed by atoms with Gasteiger partial charge in [0.15, 0.2) is 0 Å². The zero-order valence-corrected chi connectivity index (χ0v) is 13.3. The fraction of sp³-hybridized carbons (Fsp3) is 0.188. The number of hydrogen-bond donors (Lipinski definition) is 1. The van der Waals surface area contributed by atoms with E-state index in [0.717, 1.165) is 33.3 Å². The lowest BCUT2D eigenvalue weighted by atomic mass is 10.1. The first-order chi connectivity index (χ1) is 10.3. The van der Waals surface area contributed by atoms with Crippen LogP contribution in [0.2, 0.25) is 0 Å². The van der Waals surface area contributed by atoms with E-state index in [1.54, 1.807) is 12.4 Å². The summed E-state index contributed by atoms with van der Waals surface area (Å²) in [7, 11) is 0. The van der Waals surface area contributed by atoms with Crippen LogP contribution in [0.25, 0.3) is 11.0 Å². The first kappa shape index (κ1) is 13.9. The highest BCUT2D eigenvalue weighted by atomic mass is 79.9. The van der Waals surface area contributed by atoms with Gasteiger partial charge in [0.1, 0.15) is 5.52 Å². The van der Waals surface area contributed by atoms with Gasteiger partial charge >= 0.3 is 0 Å². The molecule has 21 heavy (non-hydrogen) atoms. The van der Waals surface area contributed by atoms with E-state index >= 15 is 0 Å². The average molecular weight is 343 g/mol. The third kappa shape index (κ3) is 3.03. The molecule has 0 amide bonds. The Morgan fingerprint density at radius 3 is 2.90 bits per heavy atom. The topological polar surface area (TPSA) is 50.7 Å². The number of hydrogen-bond acceptors (Lipinski definition) is 4. The van der Waals surface area contributed by atoms with Crippen LogP contribution in [0.4, 0.5) is 5.69 Å². The quantitative estimate of drug-likeness (QED) is 0.779. The van der Waals surface area contributed by atoms with Crippen molar-refractivity contribution in [2.24, 2.45) is 0 Å². The number of nitrogens with one attached hydrogen (secondary N) is 1. The van der Waals surface area contributed by atoms with Crippen molar-refractivity contribution < 1.29 is 0 Å². The molecule has 0 saturated heterocycles. The number of anilines is 1. The van der Waals surface area contributed by atoms with Crippen molar-refractivity contribution in [3.05, 3.63) is 58.6 Å². The van der Waals surface area contributed by atoms with Gasteiger partial charge in [-0.05, 0) is 46.1 Å². The molecule has 0 atom stereocenters. The predicted molar refractivity (Wildman–Crippen MR) is 88.2 cm³/mol. The van der Waals surface area contributed by atoms with Gasteiger partial charge in [-0.3, -0.25) is 15.0 Å². The van der Waals surface area contributed by atoms with Gasteiger partial charge in [-0.15, -0.1) is 0 Å². The van der Waals surface area contributed by atoms with Crippen LogP contribution in [0, 0.1) is 0 Å². The number of aromatic nitrogens is 3. The summed E-state index contributed by atoms with van der Waals surface area (Å²) in [5.74, 6) is 0. The molecule has 3 aromatic rings. The molecule has 0 bridgehead atoms. The lowest BCUT2D eigenvalue weighted by Gasteiger charge is -2.10.